The van der Waals surface area contributed by atoms with Crippen molar-refractivity contribution >= 4 is 46.3 Å². The fourth-order valence-corrected chi connectivity index (χ4v) is 9.63. The zero-order valence-corrected chi connectivity index (χ0v) is 33.0. The molecule has 18 heteroatoms. The van der Waals surface area contributed by atoms with Gasteiger partial charge in [0.1, 0.15) is 35.4 Å². The Morgan fingerprint density at radius 3 is 2.16 bits per heavy atom. The molecule has 4 fully saturated rings. The number of aromatic nitrogens is 4. The lowest BCUT2D eigenvalue weighted by atomic mass is 9.93. The zero-order chi connectivity index (χ0) is 42.2. The zero-order valence-electron chi connectivity index (χ0n) is 33.0. The number of nitrogens with one attached hydrogen (secondary N) is 1. The number of likely N-dealkylation sites (tertiary alicyclic amines) is 2. The molecule has 5 aliphatic heterocycles. The third-order valence-electron chi connectivity index (χ3n) is 12.8. The number of hydrogen-bond donors (Lipinski definition) is 2. The van der Waals surface area contributed by atoms with Crippen molar-refractivity contribution in [2.24, 2.45) is 0 Å². The summed E-state index contributed by atoms with van der Waals surface area (Å²) in [5, 5.41) is 2.22. The van der Waals surface area contributed by atoms with Gasteiger partial charge in [-0.1, -0.05) is 18.2 Å². The van der Waals surface area contributed by atoms with Crippen molar-refractivity contribution in [2.45, 2.75) is 62.2 Å². The molecule has 3 N–H and O–H groups in total. The molecule has 16 nitrogen and oxygen atoms in total. The molecule has 5 aromatic rings. The van der Waals surface area contributed by atoms with E-state index in [1.165, 1.54) is 10.9 Å². The highest BCUT2D eigenvalue weighted by Gasteiger charge is 2.50. The smallest absolute Gasteiger partial charge is 0.335 e. The molecule has 4 saturated heterocycles. The van der Waals surface area contributed by atoms with Crippen LogP contribution in [0.2, 0.25) is 0 Å². The largest absolute Gasteiger partial charge is 0.457 e. The molecule has 0 bridgehead atoms. The molecule has 0 radical (unpaired) electrons. The number of para-hydroxylation sites is 1. The monoisotopic (exact) mass is 832 g/mol. The fourth-order valence-electron chi connectivity index (χ4n) is 9.63. The average Bonchev–Trinajstić information content (AvgIpc) is 3.66. The molecule has 10 rings (SSSR count). The second-order valence-electron chi connectivity index (χ2n) is 16.4. The van der Waals surface area contributed by atoms with Crippen molar-refractivity contribution in [3.05, 3.63) is 101 Å². The highest BCUT2D eigenvalue weighted by molar-refractivity contribution is 6.23. The summed E-state index contributed by atoms with van der Waals surface area (Å²) in [5.41, 5.74) is 7.51. The number of imidazole rings is 1. The van der Waals surface area contributed by atoms with Crippen LogP contribution in [0.1, 0.15) is 58.9 Å². The number of nitrogens with zero attached hydrogens (tertiary/aromatic N) is 8. The summed E-state index contributed by atoms with van der Waals surface area (Å²) in [6.45, 7) is 2.77. The van der Waals surface area contributed by atoms with Gasteiger partial charge in [-0.25, -0.2) is 23.5 Å². The third kappa shape index (κ3) is 6.69. The summed E-state index contributed by atoms with van der Waals surface area (Å²) >= 11 is 0. The van der Waals surface area contributed by atoms with Crippen LogP contribution in [0, 0.1) is 0 Å². The minimum absolute atomic E-state index is 0.00444. The number of fused-ring (bicyclic) bond motifs is 2. The molecule has 2 atom stereocenters. The number of amides is 4. The maximum Gasteiger partial charge on any atom is 0.335 e. The number of alkyl halides is 2. The Labute approximate surface area is 347 Å². The lowest BCUT2D eigenvalue weighted by Gasteiger charge is -2.50. The van der Waals surface area contributed by atoms with Gasteiger partial charge in [0, 0.05) is 56.9 Å². The Balaban J connectivity index is 0.772. The van der Waals surface area contributed by atoms with Gasteiger partial charge in [-0.15, -0.1) is 0 Å². The number of ether oxygens (including phenoxy) is 1. The van der Waals surface area contributed by atoms with E-state index >= 15 is 8.78 Å². The number of hydrogen-bond acceptors (Lipinski definition) is 12. The molecular formula is C43H42F2N10O6. The first kappa shape index (κ1) is 38.7. The summed E-state index contributed by atoms with van der Waals surface area (Å²) in [6, 6.07) is 18.8. The maximum atomic E-state index is 16.4. The number of piperidine rings is 3. The number of benzene rings is 3. The van der Waals surface area contributed by atoms with E-state index in [2.05, 4.69) is 25.1 Å². The van der Waals surface area contributed by atoms with Gasteiger partial charge in [0.2, 0.25) is 11.8 Å². The molecule has 61 heavy (non-hydrogen) atoms. The number of rotatable bonds is 8. The number of carbonyl (C=O) groups is 4. The lowest BCUT2D eigenvalue weighted by molar-refractivity contribution is -0.136. The summed E-state index contributed by atoms with van der Waals surface area (Å²) in [4.78, 5) is 80.4. The second kappa shape index (κ2) is 14.9. The van der Waals surface area contributed by atoms with Crippen molar-refractivity contribution in [2.75, 3.05) is 49.9 Å². The number of carbonyl (C=O) groups excluding carboxylic acids is 4. The molecule has 5 aliphatic rings. The number of nitrogen functional groups attached to an aromatic ring is 1. The average molecular weight is 833 g/mol. The van der Waals surface area contributed by atoms with Gasteiger partial charge >= 0.3 is 5.69 Å². The van der Waals surface area contributed by atoms with Gasteiger partial charge in [0.15, 0.2) is 11.5 Å². The first-order valence-corrected chi connectivity index (χ1v) is 20.5. The molecule has 0 spiro atoms. The highest BCUT2D eigenvalue weighted by atomic mass is 19.3. The predicted molar refractivity (Wildman–Crippen MR) is 218 cm³/mol. The molecule has 2 aromatic heterocycles. The van der Waals surface area contributed by atoms with Crippen LogP contribution in [-0.2, 0) is 9.59 Å². The van der Waals surface area contributed by atoms with Crippen LogP contribution in [0.4, 0.5) is 20.3 Å². The van der Waals surface area contributed by atoms with Gasteiger partial charge in [0.05, 0.1) is 23.4 Å². The van der Waals surface area contributed by atoms with E-state index in [4.69, 9.17) is 10.5 Å². The molecule has 314 valence electrons. The van der Waals surface area contributed by atoms with Crippen LogP contribution >= 0.6 is 0 Å². The Bertz CT molecular complexity index is 2640. The Hall–Kier alpha value is -6.53. The Morgan fingerprint density at radius 1 is 0.754 bits per heavy atom. The number of imide groups is 2. The quantitative estimate of drug-likeness (QED) is 0.217. The van der Waals surface area contributed by atoms with Crippen molar-refractivity contribution in [1.29, 1.82) is 0 Å². The fraction of sp³-hybridized carbons (Fsp3) is 0.372. The Kier molecular flexibility index (Phi) is 9.43. The van der Waals surface area contributed by atoms with Gasteiger partial charge in [-0.2, -0.15) is 0 Å². The van der Waals surface area contributed by atoms with E-state index in [0.29, 0.717) is 36.8 Å². The SMILES string of the molecule is Nc1ncnc2c1n(-c1ccc(Oc3ccccc3)cc1)c(=O)n2[C@@H]1CCN(C2CCN(C3CN(c4ccc5c(c4)C(=O)N(C4CCC(=O)NC4=O)C5=O)C3)CC2)CC1(F)F. The minimum atomic E-state index is -3.25. The summed E-state index contributed by atoms with van der Waals surface area (Å²) < 4.78 is 41.1. The maximum absolute atomic E-state index is 16.4. The first-order chi connectivity index (χ1) is 29.4. The molecule has 0 saturated carbocycles. The van der Waals surface area contributed by atoms with Crippen molar-refractivity contribution in [1.82, 2.24) is 39.1 Å². The van der Waals surface area contributed by atoms with Gasteiger partial charge in [-0.3, -0.25) is 48.3 Å². The van der Waals surface area contributed by atoms with Crippen molar-refractivity contribution in [3.8, 4) is 17.2 Å². The van der Waals surface area contributed by atoms with Gasteiger partial charge < -0.3 is 15.4 Å². The van der Waals surface area contributed by atoms with Gasteiger partial charge in [-0.05, 0) is 80.3 Å². The van der Waals surface area contributed by atoms with E-state index in [9.17, 15) is 24.0 Å². The van der Waals surface area contributed by atoms with Crippen LogP contribution in [0.15, 0.2) is 83.9 Å². The summed E-state index contributed by atoms with van der Waals surface area (Å²) in [7, 11) is 0. The Morgan fingerprint density at radius 2 is 1.44 bits per heavy atom. The van der Waals surface area contributed by atoms with Crippen LogP contribution in [0.25, 0.3) is 16.9 Å². The molecule has 1 unspecified atom stereocenters. The first-order valence-electron chi connectivity index (χ1n) is 20.5. The standard InChI is InChI=1S/C43H42F2N10O6/c44-43(45)23-51(19-16-34(43)55-38-36(37(46)47-24-48-38)53(42(55)60)26-6-9-30(10-7-26)61-29-4-2-1-3-5-29)25-14-17-50(18-15-25)28-21-52(22-28)27-8-11-31-32(20-27)41(59)54(40(31)58)33-12-13-35(56)49-39(33)57/h1-11,20,24-25,28,33-34H,12-19,21-23H2,(H2,46,47,48)(H,49,56,57)/t33?,34-/m1/s1. The van der Waals surface area contributed by atoms with E-state index in [1.54, 1.807) is 42.5 Å². The van der Waals surface area contributed by atoms with Crippen LogP contribution in [0.5, 0.6) is 11.5 Å². The van der Waals surface area contributed by atoms with E-state index in [-0.39, 0.29) is 59.5 Å². The van der Waals surface area contributed by atoms with Crippen LogP contribution < -0.4 is 26.4 Å². The number of halogens is 2. The summed E-state index contributed by atoms with van der Waals surface area (Å²) in [6.07, 6.45) is 2.81. The molecule has 0 aliphatic carbocycles. The van der Waals surface area contributed by atoms with E-state index in [0.717, 1.165) is 41.1 Å². The number of anilines is 2. The van der Waals surface area contributed by atoms with E-state index in [1.807, 2.05) is 35.2 Å². The highest BCUT2D eigenvalue weighted by Crippen LogP contribution is 2.40. The normalized spacial score (nSPS) is 22.7. The molecule has 7 heterocycles. The van der Waals surface area contributed by atoms with Crippen LogP contribution in [0.3, 0.4) is 0 Å². The lowest BCUT2D eigenvalue weighted by Crippen LogP contribution is -2.62. The topological polar surface area (TPSA) is 181 Å². The molecular weight excluding hydrogens is 791 g/mol. The number of nitrogens with two attached hydrogens (primary N) is 1. The van der Waals surface area contributed by atoms with Crippen molar-refractivity contribution in [3.63, 3.8) is 0 Å². The molecule has 3 aromatic carbocycles. The van der Waals surface area contributed by atoms with E-state index < -0.39 is 53.9 Å². The second-order valence-corrected chi connectivity index (χ2v) is 16.4. The predicted octanol–water partition coefficient (Wildman–Crippen LogP) is 3.59. The van der Waals surface area contributed by atoms with Crippen LogP contribution in [-0.4, -0.2) is 121 Å². The van der Waals surface area contributed by atoms with Gasteiger partial charge in [0.25, 0.3) is 17.7 Å². The van der Waals surface area contributed by atoms with Crippen molar-refractivity contribution < 1.29 is 32.7 Å². The molecule has 4 amide bonds. The third-order valence-corrected chi connectivity index (χ3v) is 12.8. The summed E-state index contributed by atoms with van der Waals surface area (Å²) in [5.74, 6) is -4.22. The minimum Gasteiger partial charge on any atom is -0.457 e.